The van der Waals surface area contributed by atoms with Gasteiger partial charge in [-0.2, -0.15) is 5.26 Å². The molecule has 14 heavy (non-hydrogen) atoms. The predicted octanol–water partition coefficient (Wildman–Crippen LogP) is 2.05. The molecule has 2 heterocycles. The summed E-state index contributed by atoms with van der Waals surface area (Å²) in [4.78, 5) is 11.1. The van der Waals surface area contributed by atoms with E-state index in [4.69, 9.17) is 16.9 Å². The van der Waals surface area contributed by atoms with Crippen molar-refractivity contribution < 1.29 is 0 Å². The highest BCUT2D eigenvalue weighted by Crippen LogP contribution is 2.24. The van der Waals surface area contributed by atoms with Gasteiger partial charge >= 0.3 is 0 Å². The van der Waals surface area contributed by atoms with Crippen LogP contribution in [0.5, 0.6) is 0 Å². The number of nitrogens with one attached hydrogen (secondary N) is 1. The van der Waals surface area contributed by atoms with E-state index >= 15 is 0 Å². The Bertz CT molecular complexity index is 523. The van der Waals surface area contributed by atoms with Crippen LogP contribution in [0.3, 0.4) is 0 Å². The molecule has 4 nitrogen and oxygen atoms in total. The number of aryl methyl sites for hydroxylation is 1. The fourth-order valence-electron chi connectivity index (χ4n) is 1.39. The molecule has 5 heteroatoms. The van der Waals surface area contributed by atoms with Crippen molar-refractivity contribution in [3.8, 4) is 6.07 Å². The maximum Gasteiger partial charge on any atom is 0.127 e. The van der Waals surface area contributed by atoms with Crippen molar-refractivity contribution >= 4 is 22.6 Å². The Morgan fingerprint density at radius 3 is 3.00 bits per heavy atom. The number of halogens is 1. The van der Waals surface area contributed by atoms with E-state index in [9.17, 15) is 0 Å². The van der Waals surface area contributed by atoms with Gasteiger partial charge in [-0.1, -0.05) is 18.5 Å². The number of aromatic amines is 1. The van der Waals surface area contributed by atoms with Crippen molar-refractivity contribution in [1.82, 2.24) is 15.0 Å². The lowest BCUT2D eigenvalue weighted by Gasteiger charge is -1.95. The third-order valence-corrected chi connectivity index (χ3v) is 2.35. The molecule has 2 rings (SSSR count). The predicted molar refractivity (Wildman–Crippen MR) is 53.0 cm³/mol. The van der Waals surface area contributed by atoms with Crippen LogP contribution in [0, 0.1) is 11.3 Å². The Kier molecular flexibility index (Phi) is 2.10. The standard InChI is InChI=1S/C9H7ClN4/c1-2-6-8-7(13-4-12-6)5(3-11)9(10)14-8/h4,14H,2H2,1H3. The second-order valence-electron chi connectivity index (χ2n) is 2.82. The van der Waals surface area contributed by atoms with Crippen LogP contribution in [-0.4, -0.2) is 15.0 Å². The van der Waals surface area contributed by atoms with Crippen molar-refractivity contribution in [2.45, 2.75) is 13.3 Å². The van der Waals surface area contributed by atoms with Gasteiger partial charge in [0, 0.05) is 0 Å². The minimum Gasteiger partial charge on any atom is -0.342 e. The number of aromatic nitrogens is 3. The molecule has 2 aromatic heterocycles. The number of rotatable bonds is 1. The highest BCUT2D eigenvalue weighted by molar-refractivity contribution is 6.32. The second kappa shape index (κ2) is 3.28. The van der Waals surface area contributed by atoms with Gasteiger partial charge in [-0.3, -0.25) is 0 Å². The zero-order valence-corrected chi connectivity index (χ0v) is 8.26. The monoisotopic (exact) mass is 206 g/mol. The molecule has 0 bridgehead atoms. The second-order valence-corrected chi connectivity index (χ2v) is 3.20. The van der Waals surface area contributed by atoms with E-state index < -0.39 is 0 Å². The van der Waals surface area contributed by atoms with Gasteiger partial charge in [-0.15, -0.1) is 0 Å². The third kappa shape index (κ3) is 1.14. The molecular formula is C9H7ClN4. The molecule has 0 aromatic carbocycles. The van der Waals surface area contributed by atoms with E-state index in [-0.39, 0.29) is 0 Å². The minimum absolute atomic E-state index is 0.331. The van der Waals surface area contributed by atoms with E-state index in [0.29, 0.717) is 16.2 Å². The summed E-state index contributed by atoms with van der Waals surface area (Å²) in [5, 5.41) is 9.19. The van der Waals surface area contributed by atoms with Gasteiger partial charge in [-0.05, 0) is 6.42 Å². The number of H-pyrrole nitrogens is 1. The van der Waals surface area contributed by atoms with E-state index in [0.717, 1.165) is 17.6 Å². The molecule has 70 valence electrons. The maximum atomic E-state index is 8.85. The molecule has 0 aliphatic heterocycles. The van der Waals surface area contributed by atoms with Crippen molar-refractivity contribution in [3.05, 3.63) is 22.7 Å². The molecule has 2 aromatic rings. The highest BCUT2D eigenvalue weighted by Gasteiger charge is 2.13. The molecule has 0 amide bonds. The summed E-state index contributed by atoms with van der Waals surface area (Å²) in [6, 6.07) is 2.02. The normalized spacial score (nSPS) is 10.4. The average molecular weight is 207 g/mol. The summed E-state index contributed by atoms with van der Waals surface area (Å²) >= 11 is 5.85. The van der Waals surface area contributed by atoms with E-state index in [1.165, 1.54) is 6.33 Å². The van der Waals surface area contributed by atoms with Crippen LogP contribution in [0.15, 0.2) is 6.33 Å². The maximum absolute atomic E-state index is 8.85. The lowest BCUT2D eigenvalue weighted by molar-refractivity contribution is 1.02. The number of hydrogen-bond donors (Lipinski definition) is 1. The molecule has 0 unspecified atom stereocenters. The molecule has 0 saturated heterocycles. The van der Waals surface area contributed by atoms with Crippen molar-refractivity contribution in [1.29, 1.82) is 5.26 Å². The van der Waals surface area contributed by atoms with E-state index in [2.05, 4.69) is 15.0 Å². The van der Waals surface area contributed by atoms with Crippen LogP contribution < -0.4 is 0 Å². The summed E-state index contributed by atoms with van der Waals surface area (Å²) in [6.07, 6.45) is 2.23. The SMILES string of the molecule is CCc1ncnc2c(C#N)c(Cl)[nH]c12. The fraction of sp³-hybridized carbons (Fsp3) is 0.222. The quantitative estimate of drug-likeness (QED) is 0.777. The number of nitriles is 1. The Hall–Kier alpha value is -1.60. The Morgan fingerprint density at radius 2 is 2.36 bits per heavy atom. The summed E-state index contributed by atoms with van der Waals surface area (Å²) < 4.78 is 0. The lowest BCUT2D eigenvalue weighted by atomic mass is 10.2. The van der Waals surface area contributed by atoms with Crippen LogP contribution in [-0.2, 0) is 6.42 Å². The molecule has 0 spiro atoms. The molecule has 1 N–H and O–H groups in total. The molecule has 0 fully saturated rings. The van der Waals surface area contributed by atoms with E-state index in [1.807, 2.05) is 13.0 Å². The molecule has 0 aliphatic rings. The first kappa shape index (κ1) is 8.97. The zero-order chi connectivity index (χ0) is 10.1. The van der Waals surface area contributed by atoms with Gasteiger partial charge in [0.1, 0.15) is 28.6 Å². The van der Waals surface area contributed by atoms with Crippen LogP contribution in [0.1, 0.15) is 18.2 Å². The van der Waals surface area contributed by atoms with Gasteiger partial charge < -0.3 is 4.98 Å². The third-order valence-electron chi connectivity index (χ3n) is 2.06. The minimum atomic E-state index is 0.331. The number of fused-ring (bicyclic) bond motifs is 1. The molecule has 0 atom stereocenters. The largest absolute Gasteiger partial charge is 0.342 e. The summed E-state index contributed by atoms with van der Waals surface area (Å²) in [5.41, 5.74) is 2.62. The van der Waals surface area contributed by atoms with Gasteiger partial charge in [0.05, 0.1) is 11.2 Å². The molecule has 0 aliphatic carbocycles. The Morgan fingerprint density at radius 1 is 1.57 bits per heavy atom. The highest BCUT2D eigenvalue weighted by atomic mass is 35.5. The van der Waals surface area contributed by atoms with Crippen LogP contribution in [0.4, 0.5) is 0 Å². The first-order valence-electron chi connectivity index (χ1n) is 4.19. The number of nitrogens with zero attached hydrogens (tertiary/aromatic N) is 3. The smallest absolute Gasteiger partial charge is 0.127 e. The summed E-state index contributed by atoms with van der Waals surface area (Å²) in [6.45, 7) is 1.99. The molecule has 0 radical (unpaired) electrons. The van der Waals surface area contributed by atoms with Gasteiger partial charge in [0.25, 0.3) is 0 Å². The first-order valence-corrected chi connectivity index (χ1v) is 4.56. The average Bonchev–Trinajstić information content (AvgIpc) is 2.52. The molecule has 0 saturated carbocycles. The van der Waals surface area contributed by atoms with Crippen LogP contribution in [0.2, 0.25) is 5.15 Å². The summed E-state index contributed by atoms with van der Waals surface area (Å²) in [7, 11) is 0. The number of hydrogen-bond acceptors (Lipinski definition) is 3. The van der Waals surface area contributed by atoms with Gasteiger partial charge in [0.2, 0.25) is 0 Å². The van der Waals surface area contributed by atoms with Gasteiger partial charge in [-0.25, -0.2) is 9.97 Å². The van der Waals surface area contributed by atoms with Gasteiger partial charge in [0.15, 0.2) is 0 Å². The summed E-state index contributed by atoms with van der Waals surface area (Å²) in [5.74, 6) is 0. The van der Waals surface area contributed by atoms with Crippen molar-refractivity contribution in [3.63, 3.8) is 0 Å². The van der Waals surface area contributed by atoms with Crippen molar-refractivity contribution in [2.75, 3.05) is 0 Å². The van der Waals surface area contributed by atoms with Crippen molar-refractivity contribution in [2.24, 2.45) is 0 Å². The fourth-order valence-corrected chi connectivity index (χ4v) is 1.62. The zero-order valence-electron chi connectivity index (χ0n) is 7.50. The Labute approximate surface area is 85.6 Å². The van der Waals surface area contributed by atoms with E-state index in [1.54, 1.807) is 0 Å². The Balaban J connectivity index is 2.87. The molecular weight excluding hydrogens is 200 g/mol. The van der Waals surface area contributed by atoms with Crippen LogP contribution >= 0.6 is 11.6 Å². The van der Waals surface area contributed by atoms with Crippen LogP contribution in [0.25, 0.3) is 11.0 Å². The lowest BCUT2D eigenvalue weighted by Crippen LogP contribution is -1.90. The topological polar surface area (TPSA) is 65.4 Å². The first-order chi connectivity index (χ1) is 6.77.